The molecule has 0 unspecified atom stereocenters. The molecule has 4 bridgehead atoms. The Balaban J connectivity index is 1.75. The summed E-state index contributed by atoms with van der Waals surface area (Å²) in [6.07, 6.45) is 6.96. The Kier molecular flexibility index (Phi) is 3.01. The maximum Gasteiger partial charge on any atom is 0.0317 e. The molecule has 4 aliphatic rings. The van der Waals surface area contributed by atoms with Gasteiger partial charge in [0.05, 0.1) is 0 Å². The number of benzene rings is 2. The molecule has 0 amide bonds. The van der Waals surface area contributed by atoms with Crippen molar-refractivity contribution in [3.63, 3.8) is 0 Å². The highest BCUT2D eigenvalue weighted by Gasteiger charge is 2.58. The second kappa shape index (κ2) is 5.02. The SMILES string of the molecule is Nc1cccc(C2(c3cccc(N)c3)C3CC4CC(C3)CC2C4)c1. The zero-order valence-corrected chi connectivity index (χ0v) is 14.1. The van der Waals surface area contributed by atoms with Crippen LogP contribution in [0.2, 0.25) is 0 Å². The van der Waals surface area contributed by atoms with Crippen LogP contribution < -0.4 is 11.5 Å². The van der Waals surface area contributed by atoms with Gasteiger partial charge < -0.3 is 11.5 Å². The monoisotopic (exact) mass is 318 g/mol. The lowest BCUT2D eigenvalue weighted by molar-refractivity contribution is -0.0417. The van der Waals surface area contributed by atoms with Crippen molar-refractivity contribution < 1.29 is 0 Å². The van der Waals surface area contributed by atoms with E-state index in [2.05, 4.69) is 36.4 Å². The van der Waals surface area contributed by atoms with E-state index in [4.69, 9.17) is 11.5 Å². The molecule has 2 aromatic carbocycles. The molecular formula is C22H26N2. The summed E-state index contributed by atoms with van der Waals surface area (Å²) in [7, 11) is 0. The Hall–Kier alpha value is -1.96. The lowest BCUT2D eigenvalue weighted by Crippen LogP contribution is -2.56. The molecule has 0 aromatic heterocycles. The van der Waals surface area contributed by atoms with Gasteiger partial charge in [-0.05, 0) is 91.2 Å². The number of nitrogen functional groups attached to an aromatic ring is 2. The number of anilines is 2. The topological polar surface area (TPSA) is 52.0 Å². The molecule has 4 N–H and O–H groups in total. The van der Waals surface area contributed by atoms with E-state index in [9.17, 15) is 0 Å². The first kappa shape index (κ1) is 14.4. The van der Waals surface area contributed by atoms with E-state index in [0.29, 0.717) is 0 Å². The van der Waals surface area contributed by atoms with Crippen LogP contribution in [0.25, 0.3) is 0 Å². The second-order valence-corrected chi connectivity index (χ2v) is 8.42. The van der Waals surface area contributed by atoms with Gasteiger partial charge in [0.1, 0.15) is 0 Å². The van der Waals surface area contributed by atoms with Gasteiger partial charge >= 0.3 is 0 Å². The van der Waals surface area contributed by atoms with Crippen LogP contribution in [-0.2, 0) is 5.41 Å². The Morgan fingerprint density at radius 3 is 1.54 bits per heavy atom. The molecule has 6 rings (SSSR count). The highest BCUT2D eigenvalue weighted by atomic mass is 14.6. The molecule has 24 heavy (non-hydrogen) atoms. The number of nitrogens with two attached hydrogens (primary N) is 2. The van der Waals surface area contributed by atoms with Gasteiger partial charge in [0.25, 0.3) is 0 Å². The van der Waals surface area contributed by atoms with E-state index in [0.717, 1.165) is 35.0 Å². The van der Waals surface area contributed by atoms with Crippen LogP contribution in [0.4, 0.5) is 11.4 Å². The molecule has 2 aromatic rings. The Morgan fingerprint density at radius 2 is 1.12 bits per heavy atom. The molecule has 0 atom stereocenters. The van der Waals surface area contributed by atoms with Crippen molar-refractivity contribution in [1.82, 2.24) is 0 Å². The fraction of sp³-hybridized carbons (Fsp3) is 0.455. The van der Waals surface area contributed by atoms with Crippen molar-refractivity contribution in [3.05, 3.63) is 59.7 Å². The molecule has 0 aliphatic heterocycles. The summed E-state index contributed by atoms with van der Waals surface area (Å²) in [6.45, 7) is 0. The number of hydrogen-bond acceptors (Lipinski definition) is 2. The van der Waals surface area contributed by atoms with Gasteiger partial charge in [0.2, 0.25) is 0 Å². The molecule has 4 fully saturated rings. The first-order chi connectivity index (χ1) is 11.7. The predicted octanol–water partition coefficient (Wildman–Crippen LogP) is 4.59. The first-order valence-corrected chi connectivity index (χ1v) is 9.38. The maximum absolute atomic E-state index is 6.19. The van der Waals surface area contributed by atoms with Gasteiger partial charge in [-0.25, -0.2) is 0 Å². The molecule has 0 radical (unpaired) electrons. The third-order valence-electron chi connectivity index (χ3n) is 7.15. The second-order valence-electron chi connectivity index (χ2n) is 8.42. The first-order valence-electron chi connectivity index (χ1n) is 9.38. The number of rotatable bonds is 2. The van der Waals surface area contributed by atoms with Crippen molar-refractivity contribution in [2.24, 2.45) is 23.7 Å². The average Bonchev–Trinajstić information content (AvgIpc) is 2.54. The lowest BCUT2D eigenvalue weighted by Gasteiger charge is -2.62. The van der Waals surface area contributed by atoms with E-state index in [1.54, 1.807) is 0 Å². The third-order valence-corrected chi connectivity index (χ3v) is 7.15. The van der Waals surface area contributed by atoms with Gasteiger partial charge in [-0.1, -0.05) is 24.3 Å². The van der Waals surface area contributed by atoms with E-state index < -0.39 is 0 Å². The molecule has 0 saturated heterocycles. The van der Waals surface area contributed by atoms with Crippen molar-refractivity contribution in [1.29, 1.82) is 0 Å². The summed E-state index contributed by atoms with van der Waals surface area (Å²) < 4.78 is 0. The number of hydrogen-bond donors (Lipinski definition) is 2. The average molecular weight is 318 g/mol. The summed E-state index contributed by atoms with van der Waals surface area (Å²) >= 11 is 0. The standard InChI is InChI=1S/C22H26N2/c23-20-5-1-3-16(12-20)22(17-4-2-6-21(24)13-17)18-8-14-7-15(10-18)11-19(22)9-14/h1-6,12-15,18-19H,7-11,23-24H2. The predicted molar refractivity (Wildman–Crippen MR) is 99.5 cm³/mol. The minimum Gasteiger partial charge on any atom is -0.399 e. The summed E-state index contributed by atoms with van der Waals surface area (Å²) in [6, 6.07) is 17.3. The van der Waals surface area contributed by atoms with Gasteiger partial charge in [0.15, 0.2) is 0 Å². The summed E-state index contributed by atoms with van der Waals surface area (Å²) in [5, 5.41) is 0. The third kappa shape index (κ3) is 1.89. The van der Waals surface area contributed by atoms with Crippen LogP contribution >= 0.6 is 0 Å². The Labute approximate surface area is 144 Å². The lowest BCUT2D eigenvalue weighted by atomic mass is 9.42. The minimum absolute atomic E-state index is 0.109. The van der Waals surface area contributed by atoms with Crippen molar-refractivity contribution in [3.8, 4) is 0 Å². The minimum atomic E-state index is 0.109. The molecule has 4 saturated carbocycles. The summed E-state index contributed by atoms with van der Waals surface area (Å²) in [5.74, 6) is 3.36. The normalized spacial score (nSPS) is 32.8. The molecule has 4 aliphatic carbocycles. The molecule has 2 nitrogen and oxygen atoms in total. The van der Waals surface area contributed by atoms with Crippen molar-refractivity contribution >= 4 is 11.4 Å². The summed E-state index contributed by atoms with van der Waals surface area (Å²) in [4.78, 5) is 0. The quantitative estimate of drug-likeness (QED) is 0.796. The summed E-state index contributed by atoms with van der Waals surface area (Å²) in [5.41, 5.74) is 17.1. The van der Waals surface area contributed by atoms with Gasteiger partial charge in [0, 0.05) is 16.8 Å². The van der Waals surface area contributed by atoms with Crippen LogP contribution in [0.3, 0.4) is 0 Å². The van der Waals surface area contributed by atoms with E-state index in [1.165, 1.54) is 43.2 Å². The van der Waals surface area contributed by atoms with E-state index >= 15 is 0 Å². The zero-order valence-electron chi connectivity index (χ0n) is 14.1. The maximum atomic E-state index is 6.19. The molecule has 124 valence electrons. The fourth-order valence-corrected chi connectivity index (χ4v) is 6.63. The van der Waals surface area contributed by atoms with Crippen LogP contribution in [0.15, 0.2) is 48.5 Å². The van der Waals surface area contributed by atoms with Gasteiger partial charge in [-0.15, -0.1) is 0 Å². The van der Waals surface area contributed by atoms with Gasteiger partial charge in [-0.3, -0.25) is 0 Å². The fourth-order valence-electron chi connectivity index (χ4n) is 6.63. The largest absolute Gasteiger partial charge is 0.399 e. The Morgan fingerprint density at radius 1 is 0.667 bits per heavy atom. The molecule has 0 spiro atoms. The highest BCUT2D eigenvalue weighted by molar-refractivity contribution is 5.53. The van der Waals surface area contributed by atoms with Crippen LogP contribution in [0, 0.1) is 23.7 Å². The molecule has 0 heterocycles. The smallest absolute Gasteiger partial charge is 0.0317 e. The zero-order chi connectivity index (χ0) is 16.3. The molecule has 2 heteroatoms. The van der Waals surface area contributed by atoms with Crippen LogP contribution in [0.1, 0.15) is 43.2 Å². The van der Waals surface area contributed by atoms with E-state index in [1.807, 2.05) is 12.1 Å². The van der Waals surface area contributed by atoms with Crippen molar-refractivity contribution in [2.45, 2.75) is 37.5 Å². The highest BCUT2D eigenvalue weighted by Crippen LogP contribution is 2.65. The molecular weight excluding hydrogens is 292 g/mol. The van der Waals surface area contributed by atoms with Crippen LogP contribution in [0.5, 0.6) is 0 Å². The van der Waals surface area contributed by atoms with E-state index in [-0.39, 0.29) is 5.41 Å². The van der Waals surface area contributed by atoms with Crippen molar-refractivity contribution in [2.75, 3.05) is 11.5 Å². The van der Waals surface area contributed by atoms with Gasteiger partial charge in [-0.2, -0.15) is 0 Å². The Bertz CT molecular complexity index is 704. The van der Waals surface area contributed by atoms with Crippen LogP contribution in [-0.4, -0.2) is 0 Å².